The number of phenolic OH excluding ortho intramolecular Hbond substituents is 1. The van der Waals surface area contributed by atoms with Gasteiger partial charge in [-0.05, 0) is 31.2 Å². The molecule has 3 rings (SSSR count). The summed E-state index contributed by atoms with van der Waals surface area (Å²) in [5.74, 6) is 1.01. The van der Waals surface area contributed by atoms with Crippen molar-refractivity contribution < 1.29 is 9.84 Å². The van der Waals surface area contributed by atoms with E-state index in [0.717, 1.165) is 0 Å². The summed E-state index contributed by atoms with van der Waals surface area (Å²) in [6.07, 6.45) is 3.00. The number of phenols is 1. The SMILES string of the molecule is CCOc1cccc(C=NNc2ccc3nncn3n2)c1O. The molecule has 112 valence electrons. The van der Waals surface area contributed by atoms with Crippen molar-refractivity contribution in [1.82, 2.24) is 19.8 Å². The molecule has 22 heavy (non-hydrogen) atoms. The van der Waals surface area contributed by atoms with Gasteiger partial charge in [0.1, 0.15) is 6.33 Å². The zero-order chi connectivity index (χ0) is 15.4. The summed E-state index contributed by atoms with van der Waals surface area (Å²) in [5, 5.41) is 25.9. The van der Waals surface area contributed by atoms with Crippen molar-refractivity contribution in [3.63, 3.8) is 0 Å². The molecule has 0 radical (unpaired) electrons. The Morgan fingerprint density at radius 3 is 3.14 bits per heavy atom. The number of hydrogen-bond acceptors (Lipinski definition) is 7. The van der Waals surface area contributed by atoms with Gasteiger partial charge in [0.15, 0.2) is 23.0 Å². The molecule has 0 spiro atoms. The molecule has 0 amide bonds. The first-order valence-electron chi connectivity index (χ1n) is 6.69. The van der Waals surface area contributed by atoms with Crippen molar-refractivity contribution in [2.45, 2.75) is 6.92 Å². The van der Waals surface area contributed by atoms with Crippen molar-refractivity contribution in [3.05, 3.63) is 42.2 Å². The molecule has 2 heterocycles. The van der Waals surface area contributed by atoms with Gasteiger partial charge in [0.2, 0.25) is 0 Å². The summed E-state index contributed by atoms with van der Waals surface area (Å²) in [6, 6.07) is 8.72. The number of anilines is 1. The molecule has 8 nitrogen and oxygen atoms in total. The van der Waals surface area contributed by atoms with Gasteiger partial charge in [0.25, 0.3) is 0 Å². The molecular formula is C14H14N6O2. The summed E-state index contributed by atoms with van der Waals surface area (Å²) < 4.78 is 6.85. The molecule has 0 saturated heterocycles. The molecule has 0 aliphatic heterocycles. The van der Waals surface area contributed by atoms with Crippen LogP contribution in [0.2, 0.25) is 0 Å². The van der Waals surface area contributed by atoms with E-state index < -0.39 is 0 Å². The molecular weight excluding hydrogens is 284 g/mol. The second kappa shape index (κ2) is 6.08. The summed E-state index contributed by atoms with van der Waals surface area (Å²) in [7, 11) is 0. The fraction of sp³-hybridized carbons (Fsp3) is 0.143. The van der Waals surface area contributed by atoms with Crippen molar-refractivity contribution in [3.8, 4) is 11.5 Å². The van der Waals surface area contributed by atoms with Crippen LogP contribution < -0.4 is 10.2 Å². The summed E-state index contributed by atoms with van der Waals surface area (Å²) >= 11 is 0. The number of aromatic nitrogens is 4. The zero-order valence-corrected chi connectivity index (χ0v) is 11.8. The maximum absolute atomic E-state index is 10.1. The number of hydrogen-bond donors (Lipinski definition) is 2. The molecule has 0 aliphatic rings. The number of benzene rings is 1. The molecule has 0 unspecified atom stereocenters. The van der Waals surface area contributed by atoms with Crippen molar-refractivity contribution >= 4 is 17.7 Å². The highest BCUT2D eigenvalue weighted by Gasteiger charge is 2.05. The minimum Gasteiger partial charge on any atom is -0.504 e. The van der Waals surface area contributed by atoms with Crippen LogP contribution in [-0.2, 0) is 0 Å². The fourth-order valence-electron chi connectivity index (χ4n) is 1.87. The number of nitrogens with zero attached hydrogens (tertiary/aromatic N) is 5. The van der Waals surface area contributed by atoms with Gasteiger partial charge in [0, 0.05) is 5.56 Å². The lowest BCUT2D eigenvalue weighted by Crippen LogP contribution is -1.98. The van der Waals surface area contributed by atoms with Gasteiger partial charge >= 0.3 is 0 Å². The standard InChI is InChI=1S/C14H14N6O2/c1-2-22-11-5-3-4-10(14(11)21)8-15-17-12-6-7-13-18-16-9-20(13)19-12/h3-9,21H,2H2,1H3,(H,17,19). The predicted molar refractivity (Wildman–Crippen MR) is 81.3 cm³/mol. The Morgan fingerprint density at radius 1 is 1.36 bits per heavy atom. The van der Waals surface area contributed by atoms with Gasteiger partial charge in [-0.1, -0.05) is 6.07 Å². The van der Waals surface area contributed by atoms with Crippen LogP contribution in [0, 0.1) is 0 Å². The van der Waals surface area contributed by atoms with Gasteiger partial charge in [-0.2, -0.15) is 9.62 Å². The van der Waals surface area contributed by atoms with E-state index in [4.69, 9.17) is 4.74 Å². The number of aromatic hydroxyl groups is 1. The lowest BCUT2D eigenvalue weighted by atomic mass is 10.2. The average molecular weight is 298 g/mol. The molecule has 0 aliphatic carbocycles. The highest BCUT2D eigenvalue weighted by Crippen LogP contribution is 2.28. The monoisotopic (exact) mass is 298 g/mol. The van der Waals surface area contributed by atoms with Crippen LogP contribution >= 0.6 is 0 Å². The van der Waals surface area contributed by atoms with E-state index in [-0.39, 0.29) is 5.75 Å². The van der Waals surface area contributed by atoms with Gasteiger partial charge < -0.3 is 9.84 Å². The molecule has 0 bridgehead atoms. The van der Waals surface area contributed by atoms with Gasteiger partial charge in [-0.25, -0.2) is 0 Å². The Morgan fingerprint density at radius 2 is 2.27 bits per heavy atom. The maximum atomic E-state index is 10.1. The first-order chi connectivity index (χ1) is 10.8. The summed E-state index contributed by atoms with van der Waals surface area (Å²) in [5.41, 5.74) is 3.98. The van der Waals surface area contributed by atoms with Crippen LogP contribution in [0.1, 0.15) is 12.5 Å². The van der Waals surface area contributed by atoms with Crippen molar-refractivity contribution in [2.24, 2.45) is 5.10 Å². The zero-order valence-electron chi connectivity index (χ0n) is 11.8. The Labute approximate surface area is 126 Å². The summed E-state index contributed by atoms with van der Waals surface area (Å²) in [6.45, 7) is 2.34. The first-order valence-corrected chi connectivity index (χ1v) is 6.69. The van der Waals surface area contributed by atoms with E-state index in [9.17, 15) is 5.11 Å². The minimum atomic E-state index is 0.0529. The normalized spacial score (nSPS) is 11.1. The molecule has 2 aromatic heterocycles. The summed E-state index contributed by atoms with van der Waals surface area (Å²) in [4.78, 5) is 0. The highest BCUT2D eigenvalue weighted by molar-refractivity contribution is 5.85. The predicted octanol–water partition coefficient (Wildman–Crippen LogP) is 1.67. The van der Waals surface area contributed by atoms with Crippen LogP contribution in [-0.4, -0.2) is 37.7 Å². The van der Waals surface area contributed by atoms with Gasteiger partial charge in [0.05, 0.1) is 12.8 Å². The van der Waals surface area contributed by atoms with E-state index >= 15 is 0 Å². The molecule has 0 fully saturated rings. The van der Waals surface area contributed by atoms with Crippen LogP contribution in [0.25, 0.3) is 5.65 Å². The lowest BCUT2D eigenvalue weighted by Gasteiger charge is -2.07. The maximum Gasteiger partial charge on any atom is 0.177 e. The molecule has 1 aromatic carbocycles. The van der Waals surface area contributed by atoms with Crippen LogP contribution in [0.3, 0.4) is 0 Å². The smallest absolute Gasteiger partial charge is 0.177 e. The number of ether oxygens (including phenoxy) is 1. The van der Waals surface area contributed by atoms with Crippen LogP contribution in [0.4, 0.5) is 5.82 Å². The first kappa shape index (κ1) is 13.8. The third kappa shape index (κ3) is 2.80. The third-order valence-corrected chi connectivity index (χ3v) is 2.87. The van der Waals surface area contributed by atoms with E-state index in [1.807, 2.05) is 6.92 Å². The Bertz CT molecular complexity index is 814. The molecule has 0 atom stereocenters. The van der Waals surface area contributed by atoms with E-state index in [1.165, 1.54) is 17.1 Å². The van der Waals surface area contributed by atoms with Crippen LogP contribution in [0.15, 0.2) is 41.8 Å². The number of hydrazone groups is 1. The Balaban J connectivity index is 1.75. The lowest BCUT2D eigenvalue weighted by molar-refractivity contribution is 0.318. The van der Waals surface area contributed by atoms with Gasteiger partial charge in [-0.15, -0.1) is 15.3 Å². The van der Waals surface area contributed by atoms with Crippen molar-refractivity contribution in [1.29, 1.82) is 0 Å². The number of rotatable bonds is 5. The Hall–Kier alpha value is -3.16. The largest absolute Gasteiger partial charge is 0.504 e. The average Bonchev–Trinajstić information content (AvgIpc) is 2.99. The highest BCUT2D eigenvalue weighted by atomic mass is 16.5. The second-order valence-corrected chi connectivity index (χ2v) is 4.35. The quantitative estimate of drug-likeness (QED) is 0.549. The van der Waals surface area contributed by atoms with Gasteiger partial charge in [-0.3, -0.25) is 5.43 Å². The van der Waals surface area contributed by atoms with E-state index in [1.54, 1.807) is 30.3 Å². The molecule has 2 N–H and O–H groups in total. The van der Waals surface area contributed by atoms with Crippen LogP contribution in [0.5, 0.6) is 11.5 Å². The van der Waals surface area contributed by atoms with Crippen molar-refractivity contribution in [2.75, 3.05) is 12.0 Å². The number of para-hydroxylation sites is 1. The topological polar surface area (TPSA) is 96.9 Å². The minimum absolute atomic E-state index is 0.0529. The number of nitrogens with one attached hydrogen (secondary N) is 1. The molecule has 8 heteroatoms. The molecule has 0 saturated carbocycles. The third-order valence-electron chi connectivity index (χ3n) is 2.87. The van der Waals surface area contributed by atoms with E-state index in [0.29, 0.717) is 29.4 Å². The molecule has 3 aromatic rings. The van der Waals surface area contributed by atoms with E-state index in [2.05, 4.69) is 25.8 Å². The Kier molecular flexibility index (Phi) is 3.82. The second-order valence-electron chi connectivity index (χ2n) is 4.35. The fourth-order valence-corrected chi connectivity index (χ4v) is 1.87. The number of fused-ring (bicyclic) bond motifs is 1.